The summed E-state index contributed by atoms with van der Waals surface area (Å²) in [7, 11) is 0. The van der Waals surface area contributed by atoms with Crippen LogP contribution in [0.2, 0.25) is 0 Å². The Bertz CT molecular complexity index is 3150. The maximum absolute atomic E-state index is 7.36. The van der Waals surface area contributed by atoms with Crippen LogP contribution >= 0.6 is 0 Å². The lowest BCUT2D eigenvalue weighted by atomic mass is 9.61. The average Bonchev–Trinajstić information content (AvgIpc) is 3.64. The Balaban J connectivity index is 1.21. The highest BCUT2D eigenvalue weighted by Gasteiger charge is 2.51. The van der Waals surface area contributed by atoms with Gasteiger partial charge in [-0.2, -0.15) is 0 Å². The molecule has 0 saturated carbocycles. The van der Waals surface area contributed by atoms with Gasteiger partial charge in [-0.1, -0.05) is 159 Å². The first-order valence-electron chi connectivity index (χ1n) is 20.5. The number of allylic oxidation sites excluding steroid dienone is 4. The van der Waals surface area contributed by atoms with Crippen molar-refractivity contribution in [1.29, 1.82) is 0 Å². The maximum Gasteiger partial charge on any atom is 0.156 e. The number of fused-ring (bicyclic) bond motifs is 12. The second kappa shape index (κ2) is 13.1. The van der Waals surface area contributed by atoms with Crippen LogP contribution in [0.15, 0.2) is 200 Å². The van der Waals surface area contributed by atoms with Crippen LogP contribution in [0.25, 0.3) is 44.3 Å². The first-order valence-corrected chi connectivity index (χ1v) is 20.5. The summed E-state index contributed by atoms with van der Waals surface area (Å²) in [6.07, 6.45) is 7.62. The number of aromatic nitrogens is 2. The summed E-state index contributed by atoms with van der Waals surface area (Å²) in [5.74, 6) is 2.16. The minimum atomic E-state index is -0.688. The van der Waals surface area contributed by atoms with Crippen LogP contribution in [0, 0.1) is 5.92 Å². The minimum absolute atomic E-state index is 0.435. The zero-order valence-corrected chi connectivity index (χ0v) is 32.6. The molecule has 9 aromatic rings. The molecular formula is C55H39N3O. The number of pyridine rings is 1. The molecule has 4 heterocycles. The Morgan fingerprint density at radius 2 is 1.22 bits per heavy atom. The molecular weight excluding hydrogens is 719 g/mol. The fourth-order valence-corrected chi connectivity index (χ4v) is 10.1. The van der Waals surface area contributed by atoms with Gasteiger partial charge in [0.2, 0.25) is 0 Å². The molecule has 7 aromatic carbocycles. The van der Waals surface area contributed by atoms with Gasteiger partial charge in [0.25, 0.3) is 0 Å². The van der Waals surface area contributed by atoms with Gasteiger partial charge in [-0.25, -0.2) is 4.98 Å². The van der Waals surface area contributed by atoms with Crippen molar-refractivity contribution in [2.45, 2.75) is 18.8 Å². The molecule has 1 unspecified atom stereocenters. The number of rotatable bonds is 4. The van der Waals surface area contributed by atoms with Gasteiger partial charge in [0.05, 0.1) is 44.9 Å². The highest BCUT2D eigenvalue weighted by atomic mass is 16.5. The third kappa shape index (κ3) is 4.93. The van der Waals surface area contributed by atoms with Gasteiger partial charge in [-0.05, 0) is 77.6 Å². The van der Waals surface area contributed by atoms with Gasteiger partial charge in [0.15, 0.2) is 5.75 Å². The van der Waals surface area contributed by atoms with E-state index in [-0.39, 0.29) is 0 Å². The zero-order chi connectivity index (χ0) is 39.1. The van der Waals surface area contributed by atoms with E-state index in [0.29, 0.717) is 5.92 Å². The molecule has 0 saturated heterocycles. The summed E-state index contributed by atoms with van der Waals surface area (Å²) in [4.78, 5) is 7.77. The second-order valence-electron chi connectivity index (χ2n) is 16.0. The largest absolute Gasteiger partial charge is 0.454 e. The minimum Gasteiger partial charge on any atom is -0.454 e. The van der Waals surface area contributed by atoms with Crippen LogP contribution < -0.4 is 9.64 Å². The predicted molar refractivity (Wildman–Crippen MR) is 242 cm³/mol. The molecule has 0 N–H and O–H groups in total. The summed E-state index contributed by atoms with van der Waals surface area (Å²) in [5.41, 5.74) is 14.9. The van der Waals surface area contributed by atoms with Gasteiger partial charge >= 0.3 is 0 Å². The fraction of sp³-hybridized carbons (Fsp3) is 0.0727. The van der Waals surface area contributed by atoms with Crippen molar-refractivity contribution >= 4 is 44.4 Å². The lowest BCUT2D eigenvalue weighted by Crippen LogP contribution is -2.39. The molecule has 1 atom stereocenters. The number of hydrogen-bond acceptors (Lipinski definition) is 3. The first-order chi connectivity index (χ1) is 29.2. The van der Waals surface area contributed by atoms with Gasteiger partial charge < -0.3 is 14.2 Å². The number of ether oxygens (including phenoxy) is 1. The molecule has 0 fully saturated rings. The van der Waals surface area contributed by atoms with Crippen LogP contribution in [0.4, 0.5) is 17.1 Å². The zero-order valence-electron chi connectivity index (χ0n) is 32.6. The average molecular weight is 758 g/mol. The summed E-state index contributed by atoms with van der Waals surface area (Å²) in [5, 5.41) is 2.32. The molecule has 1 aliphatic carbocycles. The first kappa shape index (κ1) is 33.7. The third-order valence-corrected chi connectivity index (χ3v) is 12.6. The molecule has 0 amide bonds. The van der Waals surface area contributed by atoms with E-state index in [2.05, 4.69) is 217 Å². The highest BCUT2D eigenvalue weighted by molar-refractivity contribution is 6.12. The molecule has 0 bridgehead atoms. The van der Waals surface area contributed by atoms with E-state index < -0.39 is 5.41 Å². The molecule has 12 rings (SSSR count). The van der Waals surface area contributed by atoms with Crippen molar-refractivity contribution in [2.75, 3.05) is 4.90 Å². The van der Waals surface area contributed by atoms with Crippen molar-refractivity contribution in [1.82, 2.24) is 9.55 Å². The van der Waals surface area contributed by atoms with E-state index in [1.54, 1.807) is 0 Å². The normalized spacial score (nSPS) is 15.9. The molecule has 59 heavy (non-hydrogen) atoms. The monoisotopic (exact) mass is 757 g/mol. The fourth-order valence-electron chi connectivity index (χ4n) is 10.1. The smallest absolute Gasteiger partial charge is 0.156 e. The molecule has 2 aromatic heterocycles. The molecule has 1 spiro atoms. The number of benzene rings is 7. The summed E-state index contributed by atoms with van der Waals surface area (Å²) >= 11 is 0. The van der Waals surface area contributed by atoms with Gasteiger partial charge in [-0.3, -0.25) is 0 Å². The summed E-state index contributed by atoms with van der Waals surface area (Å²) in [6, 6.07) is 65.8. The maximum atomic E-state index is 7.36. The quantitative estimate of drug-likeness (QED) is 0.179. The molecule has 3 aliphatic rings. The third-order valence-electron chi connectivity index (χ3n) is 12.6. The lowest BCUT2D eigenvalue weighted by molar-refractivity contribution is 0.438. The number of hydrogen-bond donors (Lipinski definition) is 0. The Kier molecular flexibility index (Phi) is 7.45. The van der Waals surface area contributed by atoms with Crippen molar-refractivity contribution in [3.63, 3.8) is 0 Å². The highest BCUT2D eigenvalue weighted by Crippen LogP contribution is 2.64. The SMILES string of the molecule is CC1C=CC=C(c2cc(-n3c4ccccc4c4ccc5c(c43)Oc3ccccc3C53c4ccccc4N(c4ccccc4)c4ccccc43)cc(-c3ccccc3)n2)C1. The molecule has 280 valence electrons. The second-order valence-corrected chi connectivity index (χ2v) is 16.0. The van der Waals surface area contributed by atoms with Crippen molar-refractivity contribution in [3.8, 4) is 28.4 Å². The van der Waals surface area contributed by atoms with Gasteiger partial charge in [0, 0.05) is 33.2 Å². The summed E-state index contributed by atoms with van der Waals surface area (Å²) in [6.45, 7) is 2.27. The van der Waals surface area contributed by atoms with Crippen molar-refractivity contribution in [2.24, 2.45) is 5.92 Å². The summed E-state index contributed by atoms with van der Waals surface area (Å²) < 4.78 is 9.79. The molecule has 0 radical (unpaired) electrons. The van der Waals surface area contributed by atoms with Crippen molar-refractivity contribution < 1.29 is 4.74 Å². The van der Waals surface area contributed by atoms with Crippen LogP contribution in [-0.4, -0.2) is 9.55 Å². The van der Waals surface area contributed by atoms with Crippen molar-refractivity contribution in [3.05, 3.63) is 228 Å². The Morgan fingerprint density at radius 3 is 1.98 bits per heavy atom. The predicted octanol–water partition coefficient (Wildman–Crippen LogP) is 14.1. The van der Waals surface area contributed by atoms with E-state index in [1.807, 2.05) is 0 Å². The van der Waals surface area contributed by atoms with Crippen LogP contribution in [0.5, 0.6) is 11.5 Å². The van der Waals surface area contributed by atoms with Gasteiger partial charge in [0.1, 0.15) is 5.75 Å². The molecule has 4 nitrogen and oxygen atoms in total. The Hall–Kier alpha value is -7.43. The van der Waals surface area contributed by atoms with E-state index >= 15 is 0 Å². The Morgan fingerprint density at radius 1 is 0.576 bits per heavy atom. The number of anilines is 3. The van der Waals surface area contributed by atoms with Crippen LogP contribution in [-0.2, 0) is 5.41 Å². The van der Waals surface area contributed by atoms with E-state index in [1.165, 1.54) is 22.1 Å². The molecule has 2 aliphatic heterocycles. The standard InChI is InChI=1S/C55H39N3O/c1-36-17-16-20-38(33-36)48-35-40(34-47(56-48)37-18-4-2-5-19-37)58-49-27-12-8-23-41(49)42-31-32-46-54(53(42)58)59-52-30-15-11-26-45(52)55(46)43-24-9-13-28-50(43)57(39-21-6-3-7-22-39)51-29-14-10-25-44(51)55/h2-32,34-36H,33H2,1H3. The van der Waals surface area contributed by atoms with Crippen LogP contribution in [0.3, 0.4) is 0 Å². The van der Waals surface area contributed by atoms with Gasteiger partial charge in [-0.15, -0.1) is 0 Å². The van der Waals surface area contributed by atoms with Crippen LogP contribution in [0.1, 0.15) is 41.3 Å². The molecule has 4 heteroatoms. The number of nitrogens with zero attached hydrogens (tertiary/aromatic N) is 3. The van der Waals surface area contributed by atoms with E-state index in [4.69, 9.17) is 9.72 Å². The van der Waals surface area contributed by atoms with E-state index in [9.17, 15) is 0 Å². The lowest BCUT2D eigenvalue weighted by Gasteiger charge is -2.48. The van der Waals surface area contributed by atoms with E-state index in [0.717, 1.165) is 85.2 Å². The number of para-hydroxylation sites is 5. The topological polar surface area (TPSA) is 30.3 Å². The Labute approximate surface area is 343 Å².